The van der Waals surface area contributed by atoms with Gasteiger partial charge in [0.05, 0.1) is 13.1 Å². The minimum absolute atomic E-state index is 0. The zero-order valence-corrected chi connectivity index (χ0v) is 19.5. The van der Waals surface area contributed by atoms with Crippen LogP contribution in [0.5, 0.6) is 5.88 Å². The van der Waals surface area contributed by atoms with Crippen LogP contribution in [0.2, 0.25) is 0 Å². The summed E-state index contributed by atoms with van der Waals surface area (Å²) in [5.74, 6) is 1.48. The average Bonchev–Trinajstić information content (AvgIpc) is 3.22. The van der Waals surface area contributed by atoms with Crippen molar-refractivity contribution < 1.29 is 9.53 Å². The molecule has 0 spiro atoms. The van der Waals surface area contributed by atoms with Gasteiger partial charge >= 0.3 is 0 Å². The summed E-state index contributed by atoms with van der Waals surface area (Å²) in [6, 6.07) is 14.0. The standard InChI is InChI=1S/C22H27N5O2.HI/c1-23-22(27-13-10-19(16-27)29-20-8-4-5-11-24-20)25-14-21(28)26-12-9-17-6-2-3-7-18(17)15-26;/h2-8,11,19H,9-10,12-16H2,1H3,(H,23,25);1H. The third-order valence-electron chi connectivity index (χ3n) is 5.46. The molecule has 8 heteroatoms. The summed E-state index contributed by atoms with van der Waals surface area (Å²) in [5, 5.41) is 3.23. The van der Waals surface area contributed by atoms with Gasteiger partial charge in [-0.05, 0) is 23.6 Å². The Kier molecular flexibility index (Phi) is 7.89. The summed E-state index contributed by atoms with van der Waals surface area (Å²) in [4.78, 5) is 25.3. The summed E-state index contributed by atoms with van der Waals surface area (Å²) < 4.78 is 5.94. The van der Waals surface area contributed by atoms with Gasteiger partial charge in [-0.1, -0.05) is 30.3 Å². The smallest absolute Gasteiger partial charge is 0.242 e. The molecule has 2 aromatic rings. The number of rotatable bonds is 4. The predicted octanol–water partition coefficient (Wildman–Crippen LogP) is 2.31. The maximum absolute atomic E-state index is 12.7. The molecule has 1 unspecified atom stereocenters. The Morgan fingerprint density at radius 2 is 1.97 bits per heavy atom. The molecule has 0 aliphatic carbocycles. The molecule has 1 aromatic heterocycles. The van der Waals surface area contributed by atoms with Crippen LogP contribution in [0.4, 0.5) is 0 Å². The molecule has 1 aromatic carbocycles. The molecule has 1 N–H and O–H groups in total. The van der Waals surface area contributed by atoms with Gasteiger partial charge in [0.25, 0.3) is 0 Å². The van der Waals surface area contributed by atoms with E-state index in [1.165, 1.54) is 11.1 Å². The van der Waals surface area contributed by atoms with E-state index in [9.17, 15) is 4.79 Å². The highest BCUT2D eigenvalue weighted by atomic mass is 127. The molecule has 2 aliphatic heterocycles. The number of nitrogens with one attached hydrogen (secondary N) is 1. The topological polar surface area (TPSA) is 70.1 Å². The number of guanidine groups is 1. The summed E-state index contributed by atoms with van der Waals surface area (Å²) in [6.45, 7) is 3.25. The Balaban J connectivity index is 0.00000256. The SMILES string of the molecule is CN=C(NCC(=O)N1CCc2ccccc2C1)N1CCC(Oc2ccccn2)C1.I. The van der Waals surface area contributed by atoms with Crippen LogP contribution in [0.1, 0.15) is 17.5 Å². The molecule has 0 saturated carbocycles. The summed E-state index contributed by atoms with van der Waals surface area (Å²) in [6.07, 6.45) is 3.61. The van der Waals surface area contributed by atoms with E-state index in [0.29, 0.717) is 12.4 Å². The molecule has 0 radical (unpaired) electrons. The zero-order chi connectivity index (χ0) is 20.1. The Labute approximate surface area is 194 Å². The number of carbonyl (C=O) groups excluding carboxylic acids is 1. The van der Waals surface area contributed by atoms with Gasteiger partial charge in [-0.25, -0.2) is 4.98 Å². The Hall–Kier alpha value is -2.36. The lowest BCUT2D eigenvalue weighted by Gasteiger charge is -2.29. The number of fused-ring (bicyclic) bond motifs is 1. The fourth-order valence-corrected chi connectivity index (χ4v) is 3.91. The number of hydrogen-bond donors (Lipinski definition) is 1. The molecule has 1 atom stereocenters. The van der Waals surface area contributed by atoms with Crippen LogP contribution in [0, 0.1) is 0 Å². The first kappa shape index (κ1) is 22.3. The molecule has 1 amide bonds. The van der Waals surface area contributed by atoms with Gasteiger partial charge in [0, 0.05) is 45.4 Å². The third-order valence-corrected chi connectivity index (χ3v) is 5.46. The molecule has 3 heterocycles. The van der Waals surface area contributed by atoms with E-state index in [4.69, 9.17) is 4.74 Å². The average molecular weight is 521 g/mol. The first-order valence-electron chi connectivity index (χ1n) is 10.1. The number of nitrogens with zero attached hydrogens (tertiary/aromatic N) is 4. The van der Waals surface area contributed by atoms with E-state index in [-0.39, 0.29) is 42.5 Å². The molecule has 1 saturated heterocycles. The van der Waals surface area contributed by atoms with Crippen molar-refractivity contribution >= 4 is 35.8 Å². The van der Waals surface area contributed by atoms with Crippen LogP contribution < -0.4 is 10.1 Å². The lowest BCUT2D eigenvalue weighted by Crippen LogP contribution is -2.47. The van der Waals surface area contributed by atoms with Crippen LogP contribution in [0.15, 0.2) is 53.7 Å². The van der Waals surface area contributed by atoms with E-state index >= 15 is 0 Å². The van der Waals surface area contributed by atoms with Crippen LogP contribution in [0.25, 0.3) is 0 Å². The highest BCUT2D eigenvalue weighted by molar-refractivity contribution is 14.0. The van der Waals surface area contributed by atoms with Crippen molar-refractivity contribution in [2.45, 2.75) is 25.5 Å². The number of likely N-dealkylation sites (tertiary alicyclic amines) is 1. The largest absolute Gasteiger partial charge is 0.472 e. The minimum atomic E-state index is 0. The molecule has 30 heavy (non-hydrogen) atoms. The number of amides is 1. The number of ether oxygens (including phenoxy) is 1. The highest BCUT2D eigenvalue weighted by Crippen LogP contribution is 2.19. The number of benzene rings is 1. The van der Waals surface area contributed by atoms with Crippen molar-refractivity contribution in [3.63, 3.8) is 0 Å². The minimum Gasteiger partial charge on any atom is -0.472 e. The maximum Gasteiger partial charge on any atom is 0.242 e. The number of aliphatic imine (C=N–C) groups is 1. The predicted molar refractivity (Wildman–Crippen MR) is 127 cm³/mol. The van der Waals surface area contributed by atoms with Gasteiger partial charge in [-0.15, -0.1) is 24.0 Å². The third kappa shape index (κ3) is 5.41. The van der Waals surface area contributed by atoms with Crippen LogP contribution >= 0.6 is 24.0 Å². The van der Waals surface area contributed by atoms with Gasteiger partial charge in [-0.2, -0.15) is 0 Å². The number of aromatic nitrogens is 1. The molecule has 4 rings (SSSR count). The monoisotopic (exact) mass is 521 g/mol. The van der Waals surface area contributed by atoms with E-state index in [0.717, 1.165) is 38.4 Å². The summed E-state index contributed by atoms with van der Waals surface area (Å²) >= 11 is 0. The summed E-state index contributed by atoms with van der Waals surface area (Å²) in [7, 11) is 1.75. The fourth-order valence-electron chi connectivity index (χ4n) is 3.91. The van der Waals surface area contributed by atoms with Crippen molar-refractivity contribution in [2.24, 2.45) is 4.99 Å². The van der Waals surface area contributed by atoms with Crippen LogP contribution in [-0.4, -0.2) is 66.0 Å². The van der Waals surface area contributed by atoms with Crippen LogP contribution in [-0.2, 0) is 17.8 Å². The van der Waals surface area contributed by atoms with E-state index in [1.807, 2.05) is 29.2 Å². The second-order valence-corrected chi connectivity index (χ2v) is 7.38. The number of halogens is 1. The quantitative estimate of drug-likeness (QED) is 0.380. The van der Waals surface area contributed by atoms with Crippen LogP contribution in [0.3, 0.4) is 0 Å². The molecule has 7 nitrogen and oxygen atoms in total. The number of hydrogen-bond acceptors (Lipinski definition) is 4. The second kappa shape index (κ2) is 10.6. The lowest BCUT2D eigenvalue weighted by atomic mass is 10.00. The van der Waals surface area contributed by atoms with Gasteiger partial charge < -0.3 is 19.9 Å². The molecule has 1 fully saturated rings. The number of pyridine rings is 1. The first-order valence-corrected chi connectivity index (χ1v) is 10.1. The van der Waals surface area contributed by atoms with Gasteiger partial charge in [0.15, 0.2) is 5.96 Å². The maximum atomic E-state index is 12.7. The Morgan fingerprint density at radius 1 is 1.17 bits per heavy atom. The molecular weight excluding hydrogens is 493 g/mol. The second-order valence-electron chi connectivity index (χ2n) is 7.38. The van der Waals surface area contributed by atoms with E-state index in [1.54, 1.807) is 13.2 Å². The highest BCUT2D eigenvalue weighted by Gasteiger charge is 2.27. The van der Waals surface area contributed by atoms with Crippen molar-refractivity contribution in [1.29, 1.82) is 0 Å². The molecular formula is C22H28IN5O2. The number of carbonyl (C=O) groups is 1. The van der Waals surface area contributed by atoms with Crippen molar-refractivity contribution in [3.05, 3.63) is 59.8 Å². The van der Waals surface area contributed by atoms with Crippen molar-refractivity contribution in [1.82, 2.24) is 20.1 Å². The molecule has 160 valence electrons. The fraction of sp³-hybridized carbons (Fsp3) is 0.409. The zero-order valence-electron chi connectivity index (χ0n) is 17.2. The van der Waals surface area contributed by atoms with Gasteiger partial charge in [0.2, 0.25) is 11.8 Å². The van der Waals surface area contributed by atoms with Crippen molar-refractivity contribution in [3.8, 4) is 5.88 Å². The van der Waals surface area contributed by atoms with E-state index < -0.39 is 0 Å². The molecule has 0 bridgehead atoms. The lowest BCUT2D eigenvalue weighted by molar-refractivity contribution is -0.130. The van der Waals surface area contributed by atoms with Crippen molar-refractivity contribution in [2.75, 3.05) is 33.2 Å². The molecule has 2 aliphatic rings. The Bertz CT molecular complexity index is 877. The first-order chi connectivity index (χ1) is 14.2. The van der Waals surface area contributed by atoms with E-state index in [2.05, 4.69) is 38.4 Å². The summed E-state index contributed by atoms with van der Waals surface area (Å²) in [5.41, 5.74) is 2.59. The van der Waals surface area contributed by atoms with Gasteiger partial charge in [0.1, 0.15) is 6.10 Å². The normalized spacial score (nSPS) is 18.4. The van der Waals surface area contributed by atoms with Gasteiger partial charge in [-0.3, -0.25) is 9.79 Å². The Morgan fingerprint density at radius 3 is 2.73 bits per heavy atom.